The Bertz CT molecular complexity index is 462. The number of carbonyl (C=O) groups is 1. The normalized spacial score (nSPS) is 23.3. The van der Waals surface area contributed by atoms with E-state index in [9.17, 15) is 15.0 Å². The van der Waals surface area contributed by atoms with Gasteiger partial charge < -0.3 is 20.8 Å². The van der Waals surface area contributed by atoms with Gasteiger partial charge in [-0.25, -0.2) is 0 Å². The molecular weight excluding hydrogens is 232 g/mol. The predicted octanol–water partition coefficient (Wildman–Crippen LogP) is 0.907. The minimum atomic E-state index is -0.275. The Kier molecular flexibility index (Phi) is 3.43. The topological polar surface area (TPSA) is 86.8 Å². The molecule has 0 aromatic heterocycles. The Morgan fingerprint density at radius 2 is 2.17 bits per heavy atom. The SMILES string of the molecule is CC1CC(CN)CN1C(=O)c1ccc(O)c(O)c1. The van der Waals surface area contributed by atoms with E-state index in [1.807, 2.05) is 6.92 Å². The summed E-state index contributed by atoms with van der Waals surface area (Å²) in [5, 5.41) is 18.6. The summed E-state index contributed by atoms with van der Waals surface area (Å²) in [5.74, 6) is -0.285. The fourth-order valence-corrected chi connectivity index (χ4v) is 2.42. The minimum absolute atomic E-state index is 0.131. The van der Waals surface area contributed by atoms with Crippen molar-refractivity contribution in [2.75, 3.05) is 13.1 Å². The summed E-state index contributed by atoms with van der Waals surface area (Å²) in [4.78, 5) is 14.0. The molecule has 2 atom stereocenters. The first kappa shape index (κ1) is 12.7. The van der Waals surface area contributed by atoms with E-state index in [-0.39, 0.29) is 23.4 Å². The van der Waals surface area contributed by atoms with Gasteiger partial charge in [0.15, 0.2) is 11.5 Å². The van der Waals surface area contributed by atoms with Crippen LogP contribution >= 0.6 is 0 Å². The smallest absolute Gasteiger partial charge is 0.254 e. The van der Waals surface area contributed by atoms with Crippen molar-refractivity contribution in [3.05, 3.63) is 23.8 Å². The molecule has 1 fully saturated rings. The number of likely N-dealkylation sites (tertiary alicyclic amines) is 1. The van der Waals surface area contributed by atoms with Gasteiger partial charge in [0.05, 0.1) is 0 Å². The van der Waals surface area contributed by atoms with Gasteiger partial charge in [0.2, 0.25) is 0 Å². The molecule has 0 aliphatic carbocycles. The lowest BCUT2D eigenvalue weighted by Crippen LogP contribution is -2.34. The number of nitrogens with zero attached hydrogens (tertiary/aromatic N) is 1. The van der Waals surface area contributed by atoms with Gasteiger partial charge in [0.25, 0.3) is 5.91 Å². The zero-order valence-electron chi connectivity index (χ0n) is 10.3. The van der Waals surface area contributed by atoms with Crippen LogP contribution in [0.4, 0.5) is 0 Å². The van der Waals surface area contributed by atoms with Crippen LogP contribution in [0.5, 0.6) is 11.5 Å². The molecule has 1 aliphatic rings. The molecule has 98 valence electrons. The lowest BCUT2D eigenvalue weighted by molar-refractivity contribution is 0.0743. The molecule has 5 nitrogen and oxygen atoms in total. The third kappa shape index (κ3) is 2.26. The highest BCUT2D eigenvalue weighted by Gasteiger charge is 2.32. The first-order valence-electron chi connectivity index (χ1n) is 6.06. The number of phenols is 2. The zero-order valence-corrected chi connectivity index (χ0v) is 10.3. The number of phenolic OH excluding ortho intramolecular Hbond substituents is 2. The van der Waals surface area contributed by atoms with Crippen LogP contribution in [-0.4, -0.2) is 40.2 Å². The molecule has 1 aromatic carbocycles. The molecular formula is C13H18N2O3. The lowest BCUT2D eigenvalue weighted by Gasteiger charge is -2.21. The van der Waals surface area contributed by atoms with Crippen LogP contribution in [0.3, 0.4) is 0 Å². The summed E-state index contributed by atoms with van der Waals surface area (Å²) >= 11 is 0. The van der Waals surface area contributed by atoms with Gasteiger partial charge in [-0.3, -0.25) is 4.79 Å². The van der Waals surface area contributed by atoms with E-state index in [2.05, 4.69) is 0 Å². The zero-order chi connectivity index (χ0) is 13.3. The van der Waals surface area contributed by atoms with E-state index in [0.29, 0.717) is 24.6 Å². The average molecular weight is 250 g/mol. The number of rotatable bonds is 2. The molecule has 4 N–H and O–H groups in total. The van der Waals surface area contributed by atoms with E-state index < -0.39 is 0 Å². The van der Waals surface area contributed by atoms with E-state index in [1.54, 1.807) is 4.90 Å². The van der Waals surface area contributed by atoms with Gasteiger partial charge in [-0.1, -0.05) is 0 Å². The molecule has 0 bridgehead atoms. The Morgan fingerprint density at radius 1 is 1.44 bits per heavy atom. The summed E-state index contributed by atoms with van der Waals surface area (Å²) < 4.78 is 0. The molecule has 2 rings (SSSR count). The summed E-state index contributed by atoms with van der Waals surface area (Å²) in [6, 6.07) is 4.28. The number of amides is 1. The molecule has 1 saturated heterocycles. The fraction of sp³-hybridized carbons (Fsp3) is 0.462. The Balaban J connectivity index is 2.18. The molecule has 0 saturated carbocycles. The van der Waals surface area contributed by atoms with Crippen LogP contribution in [0, 0.1) is 5.92 Å². The van der Waals surface area contributed by atoms with Gasteiger partial charge in [-0.15, -0.1) is 0 Å². The van der Waals surface area contributed by atoms with Crippen molar-refractivity contribution < 1.29 is 15.0 Å². The Morgan fingerprint density at radius 3 is 2.72 bits per heavy atom. The quantitative estimate of drug-likeness (QED) is 0.681. The summed E-state index contributed by atoms with van der Waals surface area (Å²) in [5.41, 5.74) is 6.01. The van der Waals surface area contributed by atoms with Crippen molar-refractivity contribution in [2.45, 2.75) is 19.4 Å². The summed E-state index contributed by atoms with van der Waals surface area (Å²) in [6.07, 6.45) is 0.909. The van der Waals surface area contributed by atoms with Crippen molar-refractivity contribution in [3.8, 4) is 11.5 Å². The van der Waals surface area contributed by atoms with Crippen molar-refractivity contribution >= 4 is 5.91 Å². The van der Waals surface area contributed by atoms with Crippen molar-refractivity contribution in [1.29, 1.82) is 0 Å². The first-order valence-corrected chi connectivity index (χ1v) is 6.06. The molecule has 1 aromatic rings. The Hall–Kier alpha value is -1.75. The molecule has 1 aliphatic heterocycles. The van der Waals surface area contributed by atoms with Crippen LogP contribution in [0.25, 0.3) is 0 Å². The third-order valence-electron chi connectivity index (χ3n) is 3.48. The predicted molar refractivity (Wildman–Crippen MR) is 67.4 cm³/mol. The molecule has 0 spiro atoms. The van der Waals surface area contributed by atoms with Crippen molar-refractivity contribution in [3.63, 3.8) is 0 Å². The fourth-order valence-electron chi connectivity index (χ4n) is 2.42. The number of hydrogen-bond acceptors (Lipinski definition) is 4. The van der Waals surface area contributed by atoms with Crippen molar-refractivity contribution in [1.82, 2.24) is 4.90 Å². The molecule has 0 radical (unpaired) electrons. The first-order chi connectivity index (χ1) is 8.52. The van der Waals surface area contributed by atoms with Crippen LogP contribution in [0.1, 0.15) is 23.7 Å². The second-order valence-corrected chi connectivity index (χ2v) is 4.85. The highest BCUT2D eigenvalue weighted by Crippen LogP contribution is 2.28. The number of aromatic hydroxyl groups is 2. The van der Waals surface area contributed by atoms with Crippen LogP contribution in [0.15, 0.2) is 18.2 Å². The number of carbonyl (C=O) groups excluding carboxylic acids is 1. The van der Waals surface area contributed by atoms with E-state index >= 15 is 0 Å². The summed E-state index contributed by atoms with van der Waals surface area (Å²) in [7, 11) is 0. The number of nitrogens with two attached hydrogens (primary N) is 1. The summed E-state index contributed by atoms with van der Waals surface area (Å²) in [6.45, 7) is 3.22. The maximum absolute atomic E-state index is 12.3. The van der Waals surface area contributed by atoms with Crippen molar-refractivity contribution in [2.24, 2.45) is 11.7 Å². The van der Waals surface area contributed by atoms with Gasteiger partial charge in [0.1, 0.15) is 0 Å². The van der Waals surface area contributed by atoms with Gasteiger partial charge >= 0.3 is 0 Å². The maximum Gasteiger partial charge on any atom is 0.254 e. The number of hydrogen-bond donors (Lipinski definition) is 3. The molecule has 1 heterocycles. The lowest BCUT2D eigenvalue weighted by atomic mass is 10.1. The largest absolute Gasteiger partial charge is 0.504 e. The molecule has 5 heteroatoms. The van der Waals surface area contributed by atoms with Crippen LogP contribution in [-0.2, 0) is 0 Å². The molecule has 18 heavy (non-hydrogen) atoms. The monoisotopic (exact) mass is 250 g/mol. The average Bonchev–Trinajstić information content (AvgIpc) is 2.73. The van der Waals surface area contributed by atoms with Crippen LogP contribution < -0.4 is 5.73 Å². The second-order valence-electron chi connectivity index (χ2n) is 4.85. The molecule has 2 unspecified atom stereocenters. The van der Waals surface area contributed by atoms with Gasteiger partial charge in [0, 0.05) is 18.2 Å². The number of benzene rings is 1. The third-order valence-corrected chi connectivity index (χ3v) is 3.48. The van der Waals surface area contributed by atoms with Crippen LogP contribution in [0.2, 0.25) is 0 Å². The van der Waals surface area contributed by atoms with Gasteiger partial charge in [-0.2, -0.15) is 0 Å². The highest BCUT2D eigenvalue weighted by molar-refractivity contribution is 5.95. The van der Waals surface area contributed by atoms with E-state index in [1.165, 1.54) is 18.2 Å². The highest BCUT2D eigenvalue weighted by atomic mass is 16.3. The Labute approximate surface area is 106 Å². The second kappa shape index (κ2) is 4.86. The standard InChI is InChI=1S/C13H18N2O3/c1-8-4-9(6-14)7-15(8)13(18)10-2-3-11(16)12(17)5-10/h2-3,5,8-9,16-17H,4,6-7,14H2,1H3. The van der Waals surface area contributed by atoms with E-state index in [4.69, 9.17) is 5.73 Å². The maximum atomic E-state index is 12.3. The van der Waals surface area contributed by atoms with E-state index in [0.717, 1.165) is 6.42 Å². The molecule has 1 amide bonds. The minimum Gasteiger partial charge on any atom is -0.504 e. The van der Waals surface area contributed by atoms with Gasteiger partial charge in [-0.05, 0) is 44.0 Å².